The van der Waals surface area contributed by atoms with E-state index in [0.29, 0.717) is 18.9 Å². The Hall–Kier alpha value is -2.13. The highest BCUT2D eigenvalue weighted by Gasteiger charge is 2.35. The molecule has 9 heteroatoms. The molecule has 1 aliphatic heterocycles. The molecule has 27 heavy (non-hydrogen) atoms. The van der Waals surface area contributed by atoms with Gasteiger partial charge in [0.05, 0.1) is 17.4 Å². The molecule has 1 fully saturated rings. The summed E-state index contributed by atoms with van der Waals surface area (Å²) >= 11 is 0. The average Bonchev–Trinajstić information content (AvgIpc) is 3.01. The first kappa shape index (κ1) is 21.2. The van der Waals surface area contributed by atoms with Crippen LogP contribution in [0.2, 0.25) is 0 Å². The van der Waals surface area contributed by atoms with Crippen LogP contribution in [0.25, 0.3) is 0 Å². The summed E-state index contributed by atoms with van der Waals surface area (Å²) in [6.45, 7) is 6.80. The van der Waals surface area contributed by atoms with Crippen LogP contribution in [0.1, 0.15) is 27.2 Å². The third-order valence-electron chi connectivity index (χ3n) is 4.31. The van der Waals surface area contributed by atoms with Crippen molar-refractivity contribution in [3.05, 3.63) is 24.3 Å². The lowest BCUT2D eigenvalue weighted by molar-refractivity contribution is -0.129. The van der Waals surface area contributed by atoms with Gasteiger partial charge in [0.25, 0.3) is 0 Å². The fraction of sp³-hybridized carbons (Fsp3) is 0.556. The summed E-state index contributed by atoms with van der Waals surface area (Å²) in [7, 11) is -3.66. The van der Waals surface area contributed by atoms with Crippen molar-refractivity contribution in [3.8, 4) is 5.75 Å². The van der Waals surface area contributed by atoms with Crippen molar-refractivity contribution < 1.29 is 22.7 Å². The molecule has 2 amide bonds. The maximum absolute atomic E-state index is 12.2. The van der Waals surface area contributed by atoms with E-state index >= 15 is 0 Å². The molecular weight excluding hydrogens is 370 g/mol. The Balaban J connectivity index is 1.78. The van der Waals surface area contributed by atoms with E-state index in [1.165, 1.54) is 12.1 Å². The first-order valence-corrected chi connectivity index (χ1v) is 10.5. The fourth-order valence-electron chi connectivity index (χ4n) is 2.89. The summed E-state index contributed by atoms with van der Waals surface area (Å²) in [4.78, 5) is 25.8. The predicted molar refractivity (Wildman–Crippen MR) is 101 cm³/mol. The van der Waals surface area contributed by atoms with Gasteiger partial charge in [-0.1, -0.05) is 0 Å². The van der Waals surface area contributed by atoms with Gasteiger partial charge in [0, 0.05) is 32.1 Å². The summed E-state index contributed by atoms with van der Waals surface area (Å²) in [6, 6.07) is 6.19. The first-order chi connectivity index (χ1) is 12.7. The van der Waals surface area contributed by atoms with E-state index in [9.17, 15) is 18.0 Å². The Labute approximate surface area is 160 Å². The van der Waals surface area contributed by atoms with Crippen LogP contribution < -0.4 is 14.8 Å². The second-order valence-electron chi connectivity index (χ2n) is 6.63. The number of amides is 2. The maximum atomic E-state index is 12.2. The number of carbonyl (C=O) groups excluding carboxylic acids is 2. The number of benzene rings is 1. The number of nitrogens with one attached hydrogen (secondary N) is 2. The molecule has 1 heterocycles. The van der Waals surface area contributed by atoms with Crippen molar-refractivity contribution >= 4 is 21.8 Å². The number of hydrogen-bond acceptors (Lipinski definition) is 5. The topological polar surface area (TPSA) is 105 Å². The quantitative estimate of drug-likeness (QED) is 0.598. The van der Waals surface area contributed by atoms with Crippen LogP contribution >= 0.6 is 0 Å². The van der Waals surface area contributed by atoms with Crippen LogP contribution in [0.4, 0.5) is 0 Å². The Morgan fingerprint density at radius 2 is 1.93 bits per heavy atom. The minimum atomic E-state index is -3.66. The van der Waals surface area contributed by atoms with Crippen molar-refractivity contribution in [2.45, 2.75) is 38.1 Å². The minimum absolute atomic E-state index is 0.0265. The molecule has 1 aliphatic rings. The van der Waals surface area contributed by atoms with Gasteiger partial charge in [0.1, 0.15) is 5.75 Å². The molecule has 1 unspecified atom stereocenters. The molecule has 0 bridgehead atoms. The second-order valence-corrected chi connectivity index (χ2v) is 8.40. The maximum Gasteiger partial charge on any atom is 0.240 e. The third kappa shape index (κ3) is 5.67. The summed E-state index contributed by atoms with van der Waals surface area (Å²) in [5.41, 5.74) is 0. The predicted octanol–water partition coefficient (Wildman–Crippen LogP) is 0.737. The number of hydrogen-bond donors (Lipinski definition) is 2. The fourth-order valence-corrected chi connectivity index (χ4v) is 3.92. The lowest BCUT2D eigenvalue weighted by Crippen LogP contribution is -2.39. The van der Waals surface area contributed by atoms with Crippen LogP contribution in [-0.2, 0) is 19.6 Å². The second kappa shape index (κ2) is 9.18. The molecule has 2 N–H and O–H groups in total. The van der Waals surface area contributed by atoms with E-state index in [4.69, 9.17) is 4.74 Å². The molecule has 1 atom stereocenters. The monoisotopic (exact) mass is 397 g/mol. The van der Waals surface area contributed by atoms with E-state index < -0.39 is 10.0 Å². The highest BCUT2D eigenvalue weighted by atomic mass is 32.2. The molecule has 1 saturated heterocycles. The molecule has 0 aromatic heterocycles. The van der Waals surface area contributed by atoms with Crippen LogP contribution in [0, 0.1) is 5.92 Å². The third-order valence-corrected chi connectivity index (χ3v) is 5.79. The SMILES string of the molecule is CCOc1ccc(S(=O)(=O)NCCNC(=O)C2CC(=O)N(C(C)C)C2)cc1. The Bertz CT molecular complexity index is 762. The minimum Gasteiger partial charge on any atom is -0.494 e. The van der Waals surface area contributed by atoms with Crippen molar-refractivity contribution in [1.29, 1.82) is 0 Å². The van der Waals surface area contributed by atoms with Gasteiger partial charge in [-0.05, 0) is 45.0 Å². The molecule has 1 aromatic carbocycles. The molecule has 2 rings (SSSR count). The largest absolute Gasteiger partial charge is 0.494 e. The van der Waals surface area contributed by atoms with Gasteiger partial charge < -0.3 is 15.0 Å². The smallest absolute Gasteiger partial charge is 0.240 e. The van der Waals surface area contributed by atoms with Crippen molar-refractivity contribution in [2.75, 3.05) is 26.2 Å². The van der Waals surface area contributed by atoms with Gasteiger partial charge in [0.15, 0.2) is 0 Å². The zero-order chi connectivity index (χ0) is 20.0. The molecule has 0 spiro atoms. The van der Waals surface area contributed by atoms with E-state index in [0.717, 1.165) is 0 Å². The molecule has 150 valence electrons. The summed E-state index contributed by atoms with van der Waals surface area (Å²) in [6.07, 6.45) is 0.196. The number of nitrogens with zero attached hydrogens (tertiary/aromatic N) is 1. The van der Waals surface area contributed by atoms with E-state index in [2.05, 4.69) is 10.0 Å². The highest BCUT2D eigenvalue weighted by molar-refractivity contribution is 7.89. The molecule has 0 aliphatic carbocycles. The molecule has 1 aromatic rings. The number of rotatable bonds is 9. The highest BCUT2D eigenvalue weighted by Crippen LogP contribution is 2.20. The molecular formula is C18H27N3O5S. The van der Waals surface area contributed by atoms with Gasteiger partial charge in [-0.3, -0.25) is 9.59 Å². The molecule has 0 saturated carbocycles. The van der Waals surface area contributed by atoms with E-state index in [-0.39, 0.29) is 48.2 Å². The van der Waals surface area contributed by atoms with Crippen molar-refractivity contribution in [1.82, 2.24) is 14.9 Å². The van der Waals surface area contributed by atoms with Crippen LogP contribution in [0.15, 0.2) is 29.2 Å². The summed E-state index contributed by atoms with van der Waals surface area (Å²) in [5.74, 6) is -0.0407. The van der Waals surface area contributed by atoms with Crippen LogP contribution in [0.3, 0.4) is 0 Å². The zero-order valence-corrected chi connectivity index (χ0v) is 16.7. The first-order valence-electron chi connectivity index (χ1n) is 9.04. The molecule has 8 nitrogen and oxygen atoms in total. The lowest BCUT2D eigenvalue weighted by Gasteiger charge is -2.20. The van der Waals surface area contributed by atoms with Gasteiger partial charge in [-0.25, -0.2) is 13.1 Å². The van der Waals surface area contributed by atoms with Crippen LogP contribution in [-0.4, -0.2) is 57.4 Å². The number of likely N-dealkylation sites (tertiary alicyclic amines) is 1. The number of sulfonamides is 1. The number of carbonyl (C=O) groups is 2. The average molecular weight is 397 g/mol. The van der Waals surface area contributed by atoms with E-state index in [1.807, 2.05) is 20.8 Å². The van der Waals surface area contributed by atoms with Gasteiger partial charge in [-0.2, -0.15) is 0 Å². The van der Waals surface area contributed by atoms with E-state index in [1.54, 1.807) is 17.0 Å². The van der Waals surface area contributed by atoms with Gasteiger partial charge >= 0.3 is 0 Å². The van der Waals surface area contributed by atoms with Gasteiger partial charge in [-0.15, -0.1) is 0 Å². The zero-order valence-electron chi connectivity index (χ0n) is 15.9. The van der Waals surface area contributed by atoms with Crippen molar-refractivity contribution in [3.63, 3.8) is 0 Å². The Morgan fingerprint density at radius 3 is 2.48 bits per heavy atom. The van der Waals surface area contributed by atoms with Crippen molar-refractivity contribution in [2.24, 2.45) is 5.92 Å². The normalized spacial score (nSPS) is 17.4. The Kier molecular flexibility index (Phi) is 7.20. The van der Waals surface area contributed by atoms with Crippen LogP contribution in [0.5, 0.6) is 5.75 Å². The van der Waals surface area contributed by atoms with Gasteiger partial charge in [0.2, 0.25) is 21.8 Å². The summed E-state index contributed by atoms with van der Waals surface area (Å²) < 4.78 is 32.2. The molecule has 0 radical (unpaired) electrons. The lowest BCUT2D eigenvalue weighted by atomic mass is 10.1. The standard InChI is InChI=1S/C18H27N3O5S/c1-4-26-15-5-7-16(8-6-15)27(24,25)20-10-9-19-18(23)14-11-17(22)21(12-14)13(2)3/h5-8,13-14,20H,4,9-12H2,1-3H3,(H,19,23). The summed E-state index contributed by atoms with van der Waals surface area (Å²) in [5, 5.41) is 2.69. The Morgan fingerprint density at radius 1 is 1.26 bits per heavy atom. The number of ether oxygens (including phenoxy) is 1.